The maximum absolute atomic E-state index is 3.36. The van der Waals surface area contributed by atoms with Crippen molar-refractivity contribution < 1.29 is 0 Å². The van der Waals surface area contributed by atoms with Crippen molar-refractivity contribution in [2.75, 3.05) is 25.0 Å². The van der Waals surface area contributed by atoms with E-state index in [1.807, 2.05) is 0 Å². The summed E-state index contributed by atoms with van der Waals surface area (Å²) >= 11 is 0. The number of hydrogen-bond acceptors (Lipinski definition) is 2. The molecule has 1 N–H and O–H groups in total. The number of rotatable bonds is 2. The van der Waals surface area contributed by atoms with Crippen molar-refractivity contribution in [3.63, 3.8) is 0 Å². The van der Waals surface area contributed by atoms with Crippen molar-refractivity contribution in [3.8, 4) is 0 Å². The monoisotopic (exact) mass is 204 g/mol. The van der Waals surface area contributed by atoms with Crippen molar-refractivity contribution in [2.24, 2.45) is 0 Å². The molecular formula is C13H20N2. The molecule has 1 aliphatic heterocycles. The molecule has 1 aliphatic rings. The van der Waals surface area contributed by atoms with Crippen molar-refractivity contribution >= 4 is 5.69 Å². The van der Waals surface area contributed by atoms with E-state index < -0.39 is 0 Å². The van der Waals surface area contributed by atoms with E-state index in [2.05, 4.69) is 48.5 Å². The highest BCUT2D eigenvalue weighted by Crippen LogP contribution is 2.20. The maximum atomic E-state index is 3.36. The zero-order valence-corrected chi connectivity index (χ0v) is 9.66. The molecular weight excluding hydrogens is 184 g/mol. The predicted molar refractivity (Wildman–Crippen MR) is 65.5 cm³/mol. The van der Waals surface area contributed by atoms with Crippen LogP contribution in [0.15, 0.2) is 24.3 Å². The van der Waals surface area contributed by atoms with Crippen LogP contribution < -0.4 is 10.2 Å². The van der Waals surface area contributed by atoms with Gasteiger partial charge in [0.15, 0.2) is 0 Å². The lowest BCUT2D eigenvalue weighted by Crippen LogP contribution is -2.41. The molecule has 0 radical (unpaired) electrons. The summed E-state index contributed by atoms with van der Waals surface area (Å²) in [4.78, 5) is 2.48. The Kier molecular flexibility index (Phi) is 3.27. The van der Waals surface area contributed by atoms with E-state index in [0.29, 0.717) is 6.04 Å². The number of hydrogen-bond donors (Lipinski definition) is 1. The zero-order valence-electron chi connectivity index (χ0n) is 9.66. The fourth-order valence-electron chi connectivity index (χ4n) is 2.18. The number of benzene rings is 1. The summed E-state index contributed by atoms with van der Waals surface area (Å²) in [5.74, 6) is 0. The topological polar surface area (TPSA) is 15.3 Å². The van der Waals surface area contributed by atoms with Gasteiger partial charge in [-0.3, -0.25) is 0 Å². The third-order valence-electron chi connectivity index (χ3n) is 3.30. The lowest BCUT2D eigenvalue weighted by Gasteiger charge is -2.33. The number of nitrogens with one attached hydrogen (secondary N) is 1. The zero-order chi connectivity index (χ0) is 10.7. The van der Waals surface area contributed by atoms with Gasteiger partial charge in [0.25, 0.3) is 0 Å². The summed E-state index contributed by atoms with van der Waals surface area (Å²) in [7, 11) is 2.06. The Morgan fingerprint density at radius 2 is 1.73 bits per heavy atom. The van der Waals surface area contributed by atoms with Crippen LogP contribution in [0.4, 0.5) is 5.69 Å². The van der Waals surface area contributed by atoms with Crippen molar-refractivity contribution in [2.45, 2.75) is 25.8 Å². The first-order valence-electron chi connectivity index (χ1n) is 5.78. The van der Waals surface area contributed by atoms with E-state index in [-0.39, 0.29) is 0 Å². The molecule has 0 aromatic heterocycles. The van der Waals surface area contributed by atoms with Crippen LogP contribution in [0.3, 0.4) is 0 Å². The van der Waals surface area contributed by atoms with Gasteiger partial charge in [-0.15, -0.1) is 0 Å². The lowest BCUT2D eigenvalue weighted by atomic mass is 10.0. The first-order chi connectivity index (χ1) is 7.29. The van der Waals surface area contributed by atoms with E-state index in [1.54, 1.807) is 0 Å². The smallest absolute Gasteiger partial charge is 0.0366 e. The maximum Gasteiger partial charge on any atom is 0.0366 e. The predicted octanol–water partition coefficient (Wildman–Crippen LogP) is 2.18. The minimum absolute atomic E-state index is 0.715. The summed E-state index contributed by atoms with van der Waals surface area (Å²) in [6.07, 6.45) is 2.51. The molecule has 0 saturated carbocycles. The minimum Gasteiger partial charge on any atom is -0.371 e. The van der Waals surface area contributed by atoms with Crippen LogP contribution in [-0.2, 0) is 0 Å². The Morgan fingerprint density at radius 3 is 2.27 bits per heavy atom. The second-order valence-corrected chi connectivity index (χ2v) is 4.39. The molecule has 0 bridgehead atoms. The molecule has 0 spiro atoms. The van der Waals surface area contributed by atoms with E-state index >= 15 is 0 Å². The van der Waals surface area contributed by atoms with Gasteiger partial charge in [0.2, 0.25) is 0 Å². The first-order valence-corrected chi connectivity index (χ1v) is 5.78. The average Bonchev–Trinajstić information content (AvgIpc) is 2.30. The Labute approximate surface area is 92.3 Å². The fraction of sp³-hybridized carbons (Fsp3) is 0.538. The minimum atomic E-state index is 0.715. The van der Waals surface area contributed by atoms with Crippen molar-refractivity contribution in [3.05, 3.63) is 29.8 Å². The number of aryl methyl sites for hydroxylation is 1. The van der Waals surface area contributed by atoms with Crippen LogP contribution in [0.5, 0.6) is 0 Å². The first kappa shape index (κ1) is 10.5. The summed E-state index contributed by atoms with van der Waals surface area (Å²) in [5.41, 5.74) is 2.71. The molecule has 82 valence electrons. The number of piperidine rings is 1. The Morgan fingerprint density at radius 1 is 1.13 bits per heavy atom. The van der Waals surface area contributed by atoms with Crippen LogP contribution in [0.1, 0.15) is 18.4 Å². The normalized spacial score (nSPS) is 18.1. The van der Waals surface area contributed by atoms with Gasteiger partial charge < -0.3 is 10.2 Å². The summed E-state index contributed by atoms with van der Waals surface area (Å²) in [5, 5.41) is 3.36. The SMILES string of the molecule is CNC1CCN(c2ccc(C)cc2)CC1. The molecule has 1 heterocycles. The van der Waals surface area contributed by atoms with E-state index in [9.17, 15) is 0 Å². The highest BCUT2D eigenvalue weighted by molar-refractivity contribution is 5.47. The van der Waals surface area contributed by atoms with E-state index in [0.717, 1.165) is 0 Å². The second kappa shape index (κ2) is 4.67. The van der Waals surface area contributed by atoms with Crippen molar-refractivity contribution in [1.29, 1.82) is 0 Å². The number of anilines is 1. The van der Waals surface area contributed by atoms with Crippen LogP contribution >= 0.6 is 0 Å². The molecule has 2 rings (SSSR count). The quantitative estimate of drug-likeness (QED) is 0.794. The van der Waals surface area contributed by atoms with E-state index in [4.69, 9.17) is 0 Å². The van der Waals surface area contributed by atoms with E-state index in [1.165, 1.54) is 37.2 Å². The van der Waals surface area contributed by atoms with Gasteiger partial charge in [-0.25, -0.2) is 0 Å². The Balaban J connectivity index is 1.98. The molecule has 2 nitrogen and oxygen atoms in total. The van der Waals surface area contributed by atoms with Gasteiger partial charge in [0.05, 0.1) is 0 Å². The van der Waals surface area contributed by atoms with Crippen LogP contribution in [0, 0.1) is 6.92 Å². The van der Waals surface area contributed by atoms with Gasteiger partial charge in [-0.2, -0.15) is 0 Å². The molecule has 2 heteroatoms. The summed E-state index contributed by atoms with van der Waals surface area (Å²) in [6, 6.07) is 9.56. The van der Waals surface area contributed by atoms with Gasteiger partial charge in [-0.1, -0.05) is 17.7 Å². The van der Waals surface area contributed by atoms with Crippen LogP contribution in [-0.4, -0.2) is 26.2 Å². The third-order valence-corrected chi connectivity index (χ3v) is 3.30. The fourth-order valence-corrected chi connectivity index (χ4v) is 2.18. The number of nitrogens with zero attached hydrogens (tertiary/aromatic N) is 1. The molecule has 0 unspecified atom stereocenters. The highest BCUT2D eigenvalue weighted by atomic mass is 15.1. The standard InChI is InChI=1S/C13H20N2/c1-11-3-5-13(6-4-11)15-9-7-12(14-2)8-10-15/h3-6,12,14H,7-10H2,1-2H3. The van der Waals surface area contributed by atoms with Crippen LogP contribution in [0.25, 0.3) is 0 Å². The van der Waals surface area contributed by atoms with Crippen LogP contribution in [0.2, 0.25) is 0 Å². The van der Waals surface area contributed by atoms with Gasteiger partial charge in [-0.05, 0) is 38.9 Å². The Bertz CT molecular complexity index is 297. The molecule has 0 atom stereocenters. The summed E-state index contributed by atoms with van der Waals surface area (Å²) < 4.78 is 0. The molecule has 1 fully saturated rings. The molecule has 15 heavy (non-hydrogen) atoms. The Hall–Kier alpha value is -1.02. The largest absolute Gasteiger partial charge is 0.371 e. The van der Waals surface area contributed by atoms with Gasteiger partial charge in [0.1, 0.15) is 0 Å². The molecule has 1 saturated heterocycles. The molecule has 1 aromatic rings. The third kappa shape index (κ3) is 2.51. The molecule has 1 aromatic carbocycles. The second-order valence-electron chi connectivity index (χ2n) is 4.39. The highest BCUT2D eigenvalue weighted by Gasteiger charge is 2.17. The molecule has 0 aliphatic carbocycles. The van der Waals surface area contributed by atoms with Gasteiger partial charge in [0, 0.05) is 24.8 Å². The molecule has 0 amide bonds. The van der Waals surface area contributed by atoms with Crippen molar-refractivity contribution in [1.82, 2.24) is 5.32 Å². The van der Waals surface area contributed by atoms with Gasteiger partial charge >= 0.3 is 0 Å². The average molecular weight is 204 g/mol. The lowest BCUT2D eigenvalue weighted by molar-refractivity contribution is 0.442. The summed E-state index contributed by atoms with van der Waals surface area (Å²) in [6.45, 7) is 4.49.